The van der Waals surface area contributed by atoms with Gasteiger partial charge in [-0.3, -0.25) is 0 Å². The van der Waals surface area contributed by atoms with Crippen molar-refractivity contribution >= 4 is 0 Å². The molecule has 1 aromatic rings. The summed E-state index contributed by atoms with van der Waals surface area (Å²) in [4.78, 5) is 0. The molecule has 19 heavy (non-hydrogen) atoms. The molecule has 1 saturated carbocycles. The monoisotopic (exact) mass is 273 g/mol. The van der Waals surface area contributed by atoms with Crippen molar-refractivity contribution in [3.8, 4) is 5.75 Å². The van der Waals surface area contributed by atoms with Gasteiger partial charge in [0.2, 0.25) is 0 Å². The summed E-state index contributed by atoms with van der Waals surface area (Å²) in [5.41, 5.74) is 0.856. The van der Waals surface area contributed by atoms with E-state index in [-0.39, 0.29) is 12.5 Å². The van der Waals surface area contributed by atoms with E-state index in [0.717, 1.165) is 24.2 Å². The topological polar surface area (TPSA) is 21.3 Å². The highest BCUT2D eigenvalue weighted by Crippen LogP contribution is 2.30. The zero-order valence-corrected chi connectivity index (χ0v) is 10.8. The highest BCUT2D eigenvalue weighted by atomic mass is 19.4. The summed E-state index contributed by atoms with van der Waals surface area (Å²) in [6, 6.07) is 7.03. The maximum absolute atomic E-state index is 12.2. The number of ether oxygens (including phenoxy) is 1. The molecule has 0 saturated heterocycles. The van der Waals surface area contributed by atoms with E-state index < -0.39 is 12.6 Å². The highest BCUT2D eigenvalue weighted by molar-refractivity contribution is 5.29. The zero-order chi connectivity index (χ0) is 13.9. The van der Waals surface area contributed by atoms with E-state index in [4.69, 9.17) is 4.74 Å². The van der Waals surface area contributed by atoms with Gasteiger partial charge in [0.1, 0.15) is 5.75 Å². The van der Waals surface area contributed by atoms with E-state index in [0.29, 0.717) is 6.10 Å². The van der Waals surface area contributed by atoms with Gasteiger partial charge in [-0.15, -0.1) is 0 Å². The van der Waals surface area contributed by atoms with E-state index in [1.807, 2.05) is 24.3 Å². The van der Waals surface area contributed by atoms with Crippen molar-refractivity contribution in [1.29, 1.82) is 0 Å². The van der Waals surface area contributed by atoms with Crippen molar-refractivity contribution in [2.45, 2.75) is 44.0 Å². The number of rotatable bonds is 6. The zero-order valence-electron chi connectivity index (χ0n) is 10.8. The summed E-state index contributed by atoms with van der Waals surface area (Å²) in [5, 5.41) is 2.92. The van der Waals surface area contributed by atoms with Gasteiger partial charge in [-0.2, -0.15) is 13.2 Å². The van der Waals surface area contributed by atoms with Gasteiger partial charge < -0.3 is 10.1 Å². The summed E-state index contributed by atoms with van der Waals surface area (Å²) in [5.74, 6) is 0.789. The molecule has 1 N–H and O–H groups in total. The lowest BCUT2D eigenvalue weighted by molar-refractivity contribution is -0.136. The molecule has 5 heteroatoms. The van der Waals surface area contributed by atoms with Crippen LogP contribution in [0.5, 0.6) is 5.75 Å². The second-order valence-electron chi connectivity index (χ2n) is 4.88. The van der Waals surface area contributed by atoms with Crippen LogP contribution in [-0.4, -0.2) is 19.3 Å². The largest absolute Gasteiger partial charge is 0.490 e. The lowest BCUT2D eigenvalue weighted by atomic mass is 10.0. The van der Waals surface area contributed by atoms with Crippen molar-refractivity contribution in [2.24, 2.45) is 0 Å². The van der Waals surface area contributed by atoms with Crippen molar-refractivity contribution in [2.75, 3.05) is 7.05 Å². The molecule has 0 spiro atoms. The Morgan fingerprint density at radius 3 is 2.37 bits per heavy atom. The smallest absolute Gasteiger partial charge is 0.389 e. The van der Waals surface area contributed by atoms with Gasteiger partial charge in [0.15, 0.2) is 0 Å². The van der Waals surface area contributed by atoms with Crippen molar-refractivity contribution in [3.05, 3.63) is 29.8 Å². The SMILES string of the molecule is CNC(CCC(F)(F)F)c1ccc(OC2CC2)cc1. The first-order valence-corrected chi connectivity index (χ1v) is 6.48. The molecule has 1 aromatic carbocycles. The number of benzene rings is 1. The molecule has 0 aliphatic heterocycles. The van der Waals surface area contributed by atoms with Gasteiger partial charge in [0.25, 0.3) is 0 Å². The second-order valence-corrected chi connectivity index (χ2v) is 4.88. The molecule has 0 heterocycles. The summed E-state index contributed by atoms with van der Waals surface area (Å²) >= 11 is 0. The molecular formula is C14H18F3NO. The molecule has 1 aliphatic carbocycles. The molecule has 106 valence electrons. The van der Waals surface area contributed by atoms with Gasteiger partial charge in [-0.25, -0.2) is 0 Å². The molecule has 2 nitrogen and oxygen atoms in total. The van der Waals surface area contributed by atoms with E-state index in [1.165, 1.54) is 0 Å². The number of halogens is 3. The third-order valence-electron chi connectivity index (χ3n) is 3.17. The number of hydrogen-bond donors (Lipinski definition) is 1. The van der Waals surface area contributed by atoms with E-state index in [1.54, 1.807) is 7.05 Å². The average molecular weight is 273 g/mol. The Kier molecular flexibility index (Phi) is 4.34. The molecule has 1 fully saturated rings. The van der Waals surface area contributed by atoms with E-state index in [2.05, 4.69) is 5.32 Å². The molecule has 0 aromatic heterocycles. The van der Waals surface area contributed by atoms with Gasteiger partial charge in [0.05, 0.1) is 6.10 Å². The van der Waals surface area contributed by atoms with E-state index in [9.17, 15) is 13.2 Å². The Morgan fingerprint density at radius 2 is 1.89 bits per heavy atom. The predicted octanol–water partition coefficient (Wildman–Crippen LogP) is 3.83. The summed E-state index contributed by atoms with van der Waals surface area (Å²) in [6.07, 6.45) is -2.33. The first-order valence-electron chi connectivity index (χ1n) is 6.48. The Balaban J connectivity index is 1.93. The van der Waals surface area contributed by atoms with Crippen LogP contribution in [0.25, 0.3) is 0 Å². The van der Waals surface area contributed by atoms with Gasteiger partial charge in [-0.05, 0) is 44.0 Å². The van der Waals surface area contributed by atoms with Gasteiger partial charge in [0, 0.05) is 12.5 Å². The third-order valence-corrected chi connectivity index (χ3v) is 3.17. The summed E-state index contributed by atoms with van der Waals surface area (Å²) < 4.78 is 42.3. The molecule has 0 radical (unpaired) electrons. The lowest BCUT2D eigenvalue weighted by Crippen LogP contribution is -2.19. The second kappa shape index (κ2) is 5.82. The fraction of sp³-hybridized carbons (Fsp3) is 0.571. The molecule has 1 aliphatic rings. The van der Waals surface area contributed by atoms with Crippen molar-refractivity contribution in [1.82, 2.24) is 5.32 Å². The number of hydrogen-bond acceptors (Lipinski definition) is 2. The Bertz CT molecular complexity index is 398. The molecule has 2 rings (SSSR count). The van der Waals surface area contributed by atoms with Gasteiger partial charge >= 0.3 is 6.18 Å². The standard InChI is InChI=1S/C14H18F3NO/c1-18-13(8-9-14(15,16)17)10-2-4-11(5-3-10)19-12-6-7-12/h2-5,12-13,18H,6-9H2,1H3. The predicted molar refractivity (Wildman–Crippen MR) is 67.2 cm³/mol. The van der Waals surface area contributed by atoms with Crippen LogP contribution in [0.4, 0.5) is 13.2 Å². The van der Waals surface area contributed by atoms with Crippen molar-refractivity contribution < 1.29 is 17.9 Å². The maximum Gasteiger partial charge on any atom is 0.389 e. The molecule has 0 amide bonds. The minimum atomic E-state index is -4.11. The van der Waals surface area contributed by atoms with Gasteiger partial charge in [-0.1, -0.05) is 12.1 Å². The summed E-state index contributed by atoms with van der Waals surface area (Å²) in [6.45, 7) is 0. The first-order chi connectivity index (χ1) is 8.98. The molecule has 1 unspecified atom stereocenters. The Hall–Kier alpha value is -1.23. The minimum absolute atomic E-state index is 0.0445. The quantitative estimate of drug-likeness (QED) is 0.850. The van der Waals surface area contributed by atoms with Crippen LogP contribution < -0.4 is 10.1 Å². The maximum atomic E-state index is 12.2. The molecular weight excluding hydrogens is 255 g/mol. The van der Waals surface area contributed by atoms with E-state index >= 15 is 0 Å². The Labute approximate surface area is 111 Å². The molecule has 1 atom stereocenters. The van der Waals surface area contributed by atoms with Crippen LogP contribution in [-0.2, 0) is 0 Å². The van der Waals surface area contributed by atoms with Crippen LogP contribution in [0.1, 0.15) is 37.3 Å². The fourth-order valence-electron chi connectivity index (χ4n) is 1.94. The number of nitrogens with one attached hydrogen (secondary N) is 1. The van der Waals surface area contributed by atoms with Crippen LogP contribution in [0, 0.1) is 0 Å². The number of alkyl halides is 3. The van der Waals surface area contributed by atoms with Crippen LogP contribution in [0.15, 0.2) is 24.3 Å². The fourth-order valence-corrected chi connectivity index (χ4v) is 1.94. The van der Waals surface area contributed by atoms with Crippen molar-refractivity contribution in [3.63, 3.8) is 0 Å². The Morgan fingerprint density at radius 1 is 1.26 bits per heavy atom. The third kappa shape index (κ3) is 4.74. The molecule has 0 bridgehead atoms. The average Bonchev–Trinajstić information content (AvgIpc) is 3.14. The van der Waals surface area contributed by atoms with Crippen LogP contribution in [0.2, 0.25) is 0 Å². The summed E-state index contributed by atoms with van der Waals surface area (Å²) in [7, 11) is 1.68. The highest BCUT2D eigenvalue weighted by Gasteiger charge is 2.28. The van der Waals surface area contributed by atoms with Crippen LogP contribution >= 0.6 is 0 Å². The normalized spacial score (nSPS) is 17.3. The lowest BCUT2D eigenvalue weighted by Gasteiger charge is -2.18. The minimum Gasteiger partial charge on any atom is -0.490 e. The van der Waals surface area contributed by atoms with Crippen LogP contribution in [0.3, 0.4) is 0 Å². The first kappa shape index (κ1) is 14.2.